The van der Waals surface area contributed by atoms with Crippen LogP contribution < -0.4 is 0 Å². The van der Waals surface area contributed by atoms with Crippen LogP contribution in [0.2, 0.25) is 0 Å². The number of carboxylic acids is 1. The number of nitrogens with zero attached hydrogens (tertiary/aromatic N) is 3. The van der Waals surface area contributed by atoms with Gasteiger partial charge in [-0.1, -0.05) is 5.21 Å². The van der Waals surface area contributed by atoms with Crippen molar-refractivity contribution in [1.29, 1.82) is 0 Å². The number of carbonyl (C=O) groups is 1. The van der Waals surface area contributed by atoms with Gasteiger partial charge in [-0.25, -0.2) is 9.48 Å². The highest BCUT2D eigenvalue weighted by Crippen LogP contribution is 2.13. The van der Waals surface area contributed by atoms with Crippen LogP contribution in [0.1, 0.15) is 16.8 Å². The van der Waals surface area contributed by atoms with Crippen LogP contribution in [0.4, 0.5) is 0 Å². The number of hydrogen-bond acceptors (Lipinski definition) is 4. The van der Waals surface area contributed by atoms with E-state index in [2.05, 4.69) is 10.3 Å². The zero-order chi connectivity index (χ0) is 13.1. The monoisotopic (exact) mass is 267 g/mol. The van der Waals surface area contributed by atoms with Crippen LogP contribution in [-0.4, -0.2) is 42.3 Å². The molecule has 1 N–H and O–H groups in total. The number of aromatic carboxylic acids is 1. The van der Waals surface area contributed by atoms with Gasteiger partial charge in [0.1, 0.15) is 5.52 Å². The van der Waals surface area contributed by atoms with Crippen molar-refractivity contribution >= 4 is 27.8 Å². The van der Waals surface area contributed by atoms with Crippen molar-refractivity contribution in [3.05, 3.63) is 23.8 Å². The van der Waals surface area contributed by atoms with Gasteiger partial charge in [0, 0.05) is 29.4 Å². The fraction of sp³-hybridized carbons (Fsp3) is 0.364. The van der Waals surface area contributed by atoms with E-state index in [0.29, 0.717) is 17.8 Å². The maximum absolute atomic E-state index is 11.0. The van der Waals surface area contributed by atoms with Crippen molar-refractivity contribution in [3.63, 3.8) is 0 Å². The first-order valence-electron chi connectivity index (χ1n) is 5.44. The lowest BCUT2D eigenvalue weighted by Gasteiger charge is -2.01. The van der Waals surface area contributed by atoms with E-state index in [-0.39, 0.29) is 5.56 Å². The molecular weight excluding hydrogens is 254 g/mol. The minimum Gasteiger partial charge on any atom is -0.478 e. The third-order valence-electron chi connectivity index (χ3n) is 2.56. The Kier molecular flexibility index (Phi) is 3.71. The highest BCUT2D eigenvalue weighted by Gasteiger charge is 2.08. The van der Waals surface area contributed by atoms with Gasteiger partial charge in [0.25, 0.3) is 0 Å². The van der Waals surface area contributed by atoms with Crippen LogP contribution in [0.5, 0.6) is 0 Å². The van der Waals surface area contributed by atoms with Gasteiger partial charge in [-0.05, 0) is 24.6 Å². The highest BCUT2D eigenvalue weighted by atomic mass is 32.2. The number of hydrogen-bond donors (Lipinski definition) is 1. The summed E-state index contributed by atoms with van der Waals surface area (Å²) in [5.41, 5.74) is 1.55. The molecule has 0 aliphatic carbocycles. The fourth-order valence-corrected chi connectivity index (χ4v) is 2.22. The molecule has 0 fully saturated rings. The van der Waals surface area contributed by atoms with Gasteiger partial charge in [-0.2, -0.15) is 0 Å². The van der Waals surface area contributed by atoms with Gasteiger partial charge in [-0.3, -0.25) is 4.21 Å². The second-order valence-corrected chi connectivity index (χ2v) is 5.51. The van der Waals surface area contributed by atoms with Crippen LogP contribution in [-0.2, 0) is 17.3 Å². The maximum Gasteiger partial charge on any atom is 0.335 e. The van der Waals surface area contributed by atoms with E-state index in [1.807, 2.05) is 0 Å². The minimum absolute atomic E-state index is 0.198. The highest BCUT2D eigenvalue weighted by molar-refractivity contribution is 7.84. The second kappa shape index (κ2) is 5.26. The topological polar surface area (TPSA) is 85.1 Å². The molecule has 6 nitrogen and oxygen atoms in total. The molecule has 0 saturated heterocycles. The molecule has 1 unspecified atom stereocenters. The summed E-state index contributed by atoms with van der Waals surface area (Å²) in [5.74, 6) is -0.359. The van der Waals surface area contributed by atoms with Crippen molar-refractivity contribution < 1.29 is 14.1 Å². The van der Waals surface area contributed by atoms with E-state index < -0.39 is 16.8 Å². The van der Waals surface area contributed by atoms with E-state index in [0.717, 1.165) is 11.9 Å². The lowest BCUT2D eigenvalue weighted by atomic mass is 10.2. The summed E-state index contributed by atoms with van der Waals surface area (Å²) in [6, 6.07) is 4.73. The number of benzene rings is 1. The Bertz CT molecular complexity index is 609. The van der Waals surface area contributed by atoms with Gasteiger partial charge in [0.2, 0.25) is 0 Å². The Balaban J connectivity index is 2.20. The van der Waals surface area contributed by atoms with Gasteiger partial charge in [0.15, 0.2) is 0 Å². The SMILES string of the molecule is CS(=O)CCCn1nnc2cc(C(=O)O)ccc21. The van der Waals surface area contributed by atoms with E-state index in [4.69, 9.17) is 5.11 Å². The number of fused-ring (bicyclic) bond motifs is 1. The van der Waals surface area contributed by atoms with E-state index >= 15 is 0 Å². The summed E-state index contributed by atoms with van der Waals surface area (Å²) in [4.78, 5) is 10.8. The van der Waals surface area contributed by atoms with Crippen molar-refractivity contribution in [2.45, 2.75) is 13.0 Å². The molecule has 96 valence electrons. The number of carboxylic acid groups (broad SMARTS) is 1. The van der Waals surface area contributed by atoms with Crippen LogP contribution in [0.15, 0.2) is 18.2 Å². The van der Waals surface area contributed by atoms with Gasteiger partial charge < -0.3 is 5.11 Å². The van der Waals surface area contributed by atoms with Crippen molar-refractivity contribution in [1.82, 2.24) is 15.0 Å². The summed E-state index contributed by atoms with van der Waals surface area (Å²) in [6.45, 7) is 0.627. The van der Waals surface area contributed by atoms with Crippen LogP contribution >= 0.6 is 0 Å². The Labute approximate surface area is 106 Å². The Morgan fingerprint density at radius 3 is 2.94 bits per heavy atom. The van der Waals surface area contributed by atoms with E-state index in [9.17, 15) is 9.00 Å². The minimum atomic E-state index is -0.979. The number of aromatic nitrogens is 3. The first-order valence-corrected chi connectivity index (χ1v) is 7.17. The molecule has 2 rings (SSSR count). The molecule has 0 bridgehead atoms. The second-order valence-electron chi connectivity index (χ2n) is 3.95. The molecule has 0 radical (unpaired) electrons. The molecule has 1 aromatic heterocycles. The summed E-state index contributed by atoms with van der Waals surface area (Å²) in [6.07, 6.45) is 2.42. The third kappa shape index (κ3) is 2.73. The van der Waals surface area contributed by atoms with Crippen molar-refractivity contribution in [2.75, 3.05) is 12.0 Å². The first kappa shape index (κ1) is 12.7. The average Bonchev–Trinajstić information content (AvgIpc) is 2.71. The molecule has 0 aliphatic rings. The number of aryl methyl sites for hydroxylation is 1. The summed E-state index contributed by atoms with van der Waals surface area (Å²) in [5, 5.41) is 16.8. The third-order valence-corrected chi connectivity index (χ3v) is 3.43. The predicted octanol–water partition coefficient (Wildman–Crippen LogP) is 0.898. The van der Waals surface area contributed by atoms with Gasteiger partial charge in [0.05, 0.1) is 11.1 Å². The molecule has 1 heterocycles. The molecule has 0 aliphatic heterocycles. The zero-order valence-corrected chi connectivity index (χ0v) is 10.7. The molecule has 0 saturated carbocycles. The summed E-state index contributed by atoms with van der Waals surface area (Å²) < 4.78 is 12.7. The van der Waals surface area contributed by atoms with Crippen LogP contribution in [0.3, 0.4) is 0 Å². The smallest absolute Gasteiger partial charge is 0.335 e. The Morgan fingerprint density at radius 1 is 1.50 bits per heavy atom. The van der Waals surface area contributed by atoms with Crippen molar-refractivity contribution in [3.8, 4) is 0 Å². The zero-order valence-electron chi connectivity index (χ0n) is 9.87. The standard InChI is InChI=1S/C11H13N3O3S/c1-18(17)6-2-5-14-10-4-3-8(11(15)16)7-9(10)12-13-14/h3-4,7H,2,5-6H2,1H3,(H,15,16). The summed E-state index contributed by atoms with van der Waals surface area (Å²) >= 11 is 0. The molecule has 0 amide bonds. The Hall–Kier alpha value is -1.76. The molecule has 0 spiro atoms. The lowest BCUT2D eigenvalue weighted by molar-refractivity contribution is 0.0697. The van der Waals surface area contributed by atoms with Crippen LogP contribution in [0.25, 0.3) is 11.0 Å². The fourth-order valence-electron chi connectivity index (χ4n) is 1.69. The molecule has 7 heteroatoms. The van der Waals surface area contributed by atoms with E-state index in [1.54, 1.807) is 17.0 Å². The van der Waals surface area contributed by atoms with Gasteiger partial charge >= 0.3 is 5.97 Å². The predicted molar refractivity (Wildman–Crippen MR) is 68.0 cm³/mol. The average molecular weight is 267 g/mol. The van der Waals surface area contributed by atoms with E-state index in [1.165, 1.54) is 12.1 Å². The van der Waals surface area contributed by atoms with Crippen molar-refractivity contribution in [2.24, 2.45) is 0 Å². The van der Waals surface area contributed by atoms with Crippen LogP contribution in [0, 0.1) is 0 Å². The molecule has 1 aromatic carbocycles. The molecule has 1 atom stereocenters. The first-order chi connectivity index (χ1) is 8.58. The maximum atomic E-state index is 11.0. The molecule has 2 aromatic rings. The van der Waals surface area contributed by atoms with Gasteiger partial charge in [-0.15, -0.1) is 5.10 Å². The normalized spacial score (nSPS) is 12.7. The molecule has 18 heavy (non-hydrogen) atoms. The molecular formula is C11H13N3O3S. The summed E-state index contributed by atoms with van der Waals surface area (Å²) in [7, 11) is -0.810. The Morgan fingerprint density at radius 2 is 2.28 bits per heavy atom. The number of rotatable bonds is 5. The lowest BCUT2D eigenvalue weighted by Crippen LogP contribution is -2.04. The quantitative estimate of drug-likeness (QED) is 0.870. The largest absolute Gasteiger partial charge is 0.478 e.